The van der Waals surface area contributed by atoms with Crippen LogP contribution in [0.2, 0.25) is 0 Å². The van der Waals surface area contributed by atoms with Crippen molar-refractivity contribution in [2.24, 2.45) is 0 Å². The predicted molar refractivity (Wildman–Crippen MR) is 55.7 cm³/mol. The van der Waals surface area contributed by atoms with Gasteiger partial charge in [0.15, 0.2) is 5.78 Å². The molecular formula is C12H13FO2. The molecule has 0 radical (unpaired) electrons. The summed E-state index contributed by atoms with van der Waals surface area (Å²) in [5.41, 5.74) is 1.08. The second-order valence-corrected chi connectivity index (χ2v) is 3.35. The number of ketones is 2. The van der Waals surface area contributed by atoms with Crippen molar-refractivity contribution in [3.63, 3.8) is 0 Å². The highest BCUT2D eigenvalue weighted by Gasteiger charge is 2.24. The van der Waals surface area contributed by atoms with Gasteiger partial charge in [0.1, 0.15) is 0 Å². The van der Waals surface area contributed by atoms with Gasteiger partial charge in [-0.1, -0.05) is 31.2 Å². The molecule has 0 heterocycles. The summed E-state index contributed by atoms with van der Waals surface area (Å²) in [4.78, 5) is 22.3. The van der Waals surface area contributed by atoms with Gasteiger partial charge in [-0.2, -0.15) is 0 Å². The van der Waals surface area contributed by atoms with Crippen molar-refractivity contribution >= 4 is 11.6 Å². The molecule has 1 rings (SSSR count). The maximum atomic E-state index is 13.2. The number of Topliss-reactive ketones (excluding diaryl/α,β-unsaturated/α-hetero) is 2. The molecule has 0 amide bonds. The van der Waals surface area contributed by atoms with E-state index >= 15 is 0 Å². The van der Waals surface area contributed by atoms with E-state index in [9.17, 15) is 14.0 Å². The highest BCUT2D eigenvalue weighted by Crippen LogP contribution is 2.13. The van der Waals surface area contributed by atoms with Gasteiger partial charge in [-0.15, -0.1) is 0 Å². The Kier molecular flexibility index (Phi) is 3.72. The number of hydrogen-bond donors (Lipinski definition) is 0. The second-order valence-electron chi connectivity index (χ2n) is 3.35. The highest BCUT2D eigenvalue weighted by molar-refractivity contribution is 6.13. The molecule has 0 saturated heterocycles. The van der Waals surface area contributed by atoms with Crippen LogP contribution in [0, 0.1) is 0 Å². The topological polar surface area (TPSA) is 34.1 Å². The van der Waals surface area contributed by atoms with Gasteiger partial charge in [-0.3, -0.25) is 9.59 Å². The average Bonchev–Trinajstić information content (AvgIpc) is 2.26. The number of benzene rings is 1. The lowest BCUT2D eigenvalue weighted by Gasteiger charge is -2.07. The first kappa shape index (κ1) is 11.6. The molecule has 0 N–H and O–H groups in total. The zero-order chi connectivity index (χ0) is 11.4. The fourth-order valence-electron chi connectivity index (χ4n) is 1.39. The summed E-state index contributed by atoms with van der Waals surface area (Å²) in [5, 5.41) is 0. The highest BCUT2D eigenvalue weighted by atomic mass is 19.1. The van der Waals surface area contributed by atoms with Crippen molar-refractivity contribution in [3.8, 4) is 0 Å². The number of carbonyl (C=O) groups is 2. The zero-order valence-electron chi connectivity index (χ0n) is 8.79. The lowest BCUT2D eigenvalue weighted by molar-refractivity contribution is -0.120. The van der Waals surface area contributed by atoms with Crippen molar-refractivity contribution in [2.75, 3.05) is 0 Å². The molecule has 1 aromatic rings. The van der Waals surface area contributed by atoms with E-state index in [1.807, 2.05) is 6.92 Å². The van der Waals surface area contributed by atoms with Crippen molar-refractivity contribution < 1.29 is 14.0 Å². The molecule has 1 atom stereocenters. The second kappa shape index (κ2) is 4.82. The minimum Gasteiger partial charge on any atom is -0.296 e. The Hall–Kier alpha value is -1.51. The molecule has 0 saturated carbocycles. The SMILES string of the molecule is CCc1ccccc1C(=O)C(F)C(C)=O. The summed E-state index contributed by atoms with van der Waals surface area (Å²) in [5.74, 6) is -1.48. The Bertz CT molecular complexity index is 385. The standard InChI is InChI=1S/C12H13FO2/c1-3-9-6-4-5-7-10(9)12(15)11(13)8(2)14/h4-7,11H,3H2,1-2H3. The fraction of sp³-hybridized carbons (Fsp3) is 0.333. The molecule has 0 aliphatic rings. The minimum atomic E-state index is -2.03. The molecule has 0 aliphatic heterocycles. The van der Waals surface area contributed by atoms with Crippen molar-refractivity contribution in [1.29, 1.82) is 0 Å². The van der Waals surface area contributed by atoms with E-state index < -0.39 is 17.7 Å². The molecule has 1 aromatic carbocycles. The van der Waals surface area contributed by atoms with E-state index in [0.29, 0.717) is 12.0 Å². The van der Waals surface area contributed by atoms with E-state index in [0.717, 1.165) is 12.5 Å². The van der Waals surface area contributed by atoms with Crippen LogP contribution in [0.5, 0.6) is 0 Å². The molecule has 80 valence electrons. The molecule has 0 aromatic heterocycles. The van der Waals surface area contributed by atoms with Crippen LogP contribution in [0.3, 0.4) is 0 Å². The minimum absolute atomic E-state index is 0.308. The number of halogens is 1. The van der Waals surface area contributed by atoms with Crippen LogP contribution in [0.1, 0.15) is 29.8 Å². The summed E-state index contributed by atoms with van der Waals surface area (Å²) >= 11 is 0. The van der Waals surface area contributed by atoms with E-state index in [2.05, 4.69) is 0 Å². The summed E-state index contributed by atoms with van der Waals surface area (Å²) in [7, 11) is 0. The Morgan fingerprint density at radius 3 is 2.47 bits per heavy atom. The molecular weight excluding hydrogens is 195 g/mol. The van der Waals surface area contributed by atoms with Gasteiger partial charge in [0, 0.05) is 5.56 Å². The predicted octanol–water partition coefficient (Wildman–Crippen LogP) is 2.36. The lowest BCUT2D eigenvalue weighted by Crippen LogP contribution is -2.24. The number of hydrogen-bond acceptors (Lipinski definition) is 2. The number of carbonyl (C=O) groups excluding carboxylic acids is 2. The van der Waals surface area contributed by atoms with Crippen LogP contribution >= 0.6 is 0 Å². The van der Waals surface area contributed by atoms with Crippen LogP contribution in [-0.2, 0) is 11.2 Å². The largest absolute Gasteiger partial charge is 0.296 e. The van der Waals surface area contributed by atoms with E-state index in [1.54, 1.807) is 24.3 Å². The zero-order valence-corrected chi connectivity index (χ0v) is 8.79. The summed E-state index contributed by atoms with van der Waals surface area (Å²) in [6, 6.07) is 6.77. The van der Waals surface area contributed by atoms with Gasteiger partial charge >= 0.3 is 0 Å². The van der Waals surface area contributed by atoms with E-state index in [-0.39, 0.29) is 0 Å². The van der Waals surface area contributed by atoms with Gasteiger partial charge in [-0.05, 0) is 18.9 Å². The van der Waals surface area contributed by atoms with Crippen LogP contribution in [0.4, 0.5) is 4.39 Å². The third-order valence-corrected chi connectivity index (χ3v) is 2.25. The summed E-state index contributed by atoms with van der Waals surface area (Å²) < 4.78 is 13.2. The van der Waals surface area contributed by atoms with Gasteiger partial charge in [0.05, 0.1) is 0 Å². The smallest absolute Gasteiger partial charge is 0.220 e. The molecule has 15 heavy (non-hydrogen) atoms. The van der Waals surface area contributed by atoms with E-state index in [4.69, 9.17) is 0 Å². The van der Waals surface area contributed by atoms with Crippen LogP contribution in [0.15, 0.2) is 24.3 Å². The quantitative estimate of drug-likeness (QED) is 0.562. The van der Waals surface area contributed by atoms with Gasteiger partial charge in [-0.25, -0.2) is 4.39 Å². The Labute approximate surface area is 88.1 Å². The molecule has 1 unspecified atom stereocenters. The van der Waals surface area contributed by atoms with Crippen LogP contribution in [0.25, 0.3) is 0 Å². The van der Waals surface area contributed by atoms with E-state index in [1.165, 1.54) is 0 Å². The molecule has 0 fully saturated rings. The third-order valence-electron chi connectivity index (χ3n) is 2.25. The maximum Gasteiger partial charge on any atom is 0.220 e. The number of alkyl halides is 1. The first-order valence-corrected chi connectivity index (χ1v) is 4.84. The lowest BCUT2D eigenvalue weighted by atomic mass is 9.98. The van der Waals surface area contributed by atoms with Crippen LogP contribution in [-0.4, -0.2) is 17.7 Å². The van der Waals surface area contributed by atoms with Crippen molar-refractivity contribution in [2.45, 2.75) is 26.4 Å². The van der Waals surface area contributed by atoms with Gasteiger partial charge in [0.2, 0.25) is 12.0 Å². The number of rotatable bonds is 4. The summed E-state index contributed by atoms with van der Waals surface area (Å²) in [6.45, 7) is 2.96. The molecule has 0 spiro atoms. The van der Waals surface area contributed by atoms with Gasteiger partial charge in [0.25, 0.3) is 0 Å². The Morgan fingerprint density at radius 1 is 1.33 bits per heavy atom. The molecule has 0 bridgehead atoms. The summed E-state index contributed by atoms with van der Waals surface area (Å²) in [6.07, 6.45) is -1.38. The van der Waals surface area contributed by atoms with Gasteiger partial charge < -0.3 is 0 Å². The monoisotopic (exact) mass is 208 g/mol. The molecule has 3 heteroatoms. The van der Waals surface area contributed by atoms with Crippen molar-refractivity contribution in [1.82, 2.24) is 0 Å². The first-order chi connectivity index (χ1) is 7.07. The third kappa shape index (κ3) is 2.49. The Morgan fingerprint density at radius 2 is 1.93 bits per heavy atom. The van der Waals surface area contributed by atoms with Crippen LogP contribution < -0.4 is 0 Å². The van der Waals surface area contributed by atoms with Crippen molar-refractivity contribution in [3.05, 3.63) is 35.4 Å². The Balaban J connectivity index is 3.05. The molecule has 2 nitrogen and oxygen atoms in total. The average molecular weight is 208 g/mol. The number of aryl methyl sites for hydroxylation is 1. The normalized spacial score (nSPS) is 12.2. The maximum absolute atomic E-state index is 13.2. The first-order valence-electron chi connectivity index (χ1n) is 4.84. The fourth-order valence-corrected chi connectivity index (χ4v) is 1.39. The molecule has 0 aliphatic carbocycles.